The van der Waals surface area contributed by atoms with Crippen LogP contribution in [0.25, 0.3) is 0 Å². The zero-order valence-corrected chi connectivity index (χ0v) is 14.8. The standard InChI is InChI=1S/C16H23O7P/c1-4-10(8-24(19,20)21)5-6-11-14(17)13-12(7-23-16(13)18)9(2)15(11)22-3/h5,16-18H,4,6-8H2,1-3H3,(H2,19,20,21)/b10-5+. The average molecular weight is 358 g/mol. The van der Waals surface area contributed by atoms with Crippen LogP contribution in [0, 0.1) is 6.92 Å². The van der Waals surface area contributed by atoms with Crippen molar-refractivity contribution >= 4 is 7.60 Å². The molecule has 1 aliphatic rings. The van der Waals surface area contributed by atoms with Crippen LogP contribution in [0.15, 0.2) is 11.6 Å². The number of ether oxygens (including phenoxy) is 2. The summed E-state index contributed by atoms with van der Waals surface area (Å²) in [6, 6.07) is 0. The summed E-state index contributed by atoms with van der Waals surface area (Å²) in [6.45, 7) is 3.83. The number of allylic oxidation sites excluding steroid dienone is 2. The molecule has 0 amide bonds. The van der Waals surface area contributed by atoms with Crippen LogP contribution in [-0.4, -0.2) is 33.3 Å². The normalized spacial score (nSPS) is 17.9. The Labute approximate surface area is 140 Å². The molecule has 0 saturated carbocycles. The molecule has 0 bridgehead atoms. The topological polar surface area (TPSA) is 116 Å². The Bertz CT molecular complexity index is 705. The fourth-order valence-electron chi connectivity index (χ4n) is 2.97. The van der Waals surface area contributed by atoms with Crippen LogP contribution in [0.4, 0.5) is 0 Å². The van der Waals surface area contributed by atoms with Crippen LogP contribution in [0.2, 0.25) is 0 Å². The van der Waals surface area contributed by atoms with Gasteiger partial charge in [-0.05, 0) is 30.9 Å². The van der Waals surface area contributed by atoms with Crippen molar-refractivity contribution in [2.24, 2.45) is 0 Å². The monoisotopic (exact) mass is 358 g/mol. The molecule has 0 spiro atoms. The van der Waals surface area contributed by atoms with Crippen LogP contribution in [-0.2, 0) is 22.3 Å². The summed E-state index contributed by atoms with van der Waals surface area (Å²) in [4.78, 5) is 18.2. The molecule has 0 aromatic heterocycles. The SMILES string of the molecule is CC/C(=C\Cc1c(O)c2c(c(C)c1OC)COC2O)CP(=O)(O)O. The minimum absolute atomic E-state index is 0.0969. The predicted molar refractivity (Wildman–Crippen MR) is 88.1 cm³/mol. The third-order valence-electron chi connectivity index (χ3n) is 4.23. The summed E-state index contributed by atoms with van der Waals surface area (Å²) in [6.07, 6.45) is 0.906. The van der Waals surface area contributed by atoms with Crippen LogP contribution < -0.4 is 4.74 Å². The molecule has 1 aromatic carbocycles. The number of aliphatic hydroxyl groups excluding tert-OH is 1. The molecule has 0 aliphatic carbocycles. The summed E-state index contributed by atoms with van der Waals surface area (Å²) < 4.78 is 21.8. The lowest BCUT2D eigenvalue weighted by atomic mass is 9.94. The lowest BCUT2D eigenvalue weighted by Gasteiger charge is -2.17. The van der Waals surface area contributed by atoms with E-state index in [0.717, 1.165) is 5.56 Å². The molecule has 7 nitrogen and oxygen atoms in total. The summed E-state index contributed by atoms with van der Waals surface area (Å²) in [5.41, 5.74) is 2.88. The minimum Gasteiger partial charge on any atom is -0.507 e. The first-order chi connectivity index (χ1) is 11.2. The van der Waals surface area contributed by atoms with Gasteiger partial charge in [0.25, 0.3) is 0 Å². The fraction of sp³-hybridized carbons (Fsp3) is 0.500. The second-order valence-corrected chi connectivity index (χ2v) is 7.43. The largest absolute Gasteiger partial charge is 0.507 e. The molecular formula is C16H23O7P. The molecule has 0 saturated heterocycles. The Morgan fingerprint density at radius 1 is 1.46 bits per heavy atom. The number of aliphatic hydroxyl groups is 1. The van der Waals surface area contributed by atoms with E-state index in [1.54, 1.807) is 6.08 Å². The molecule has 1 unspecified atom stereocenters. The van der Waals surface area contributed by atoms with Gasteiger partial charge in [-0.1, -0.05) is 18.6 Å². The summed E-state index contributed by atoms with van der Waals surface area (Å²) in [5.74, 6) is 0.396. The van der Waals surface area contributed by atoms with E-state index < -0.39 is 13.9 Å². The van der Waals surface area contributed by atoms with Crippen molar-refractivity contribution in [3.63, 3.8) is 0 Å². The average Bonchev–Trinajstić information content (AvgIpc) is 2.89. The van der Waals surface area contributed by atoms with Gasteiger partial charge in [-0.3, -0.25) is 4.57 Å². The number of aromatic hydroxyl groups is 1. The highest BCUT2D eigenvalue weighted by Gasteiger charge is 2.31. The van der Waals surface area contributed by atoms with E-state index in [2.05, 4.69) is 0 Å². The van der Waals surface area contributed by atoms with E-state index >= 15 is 0 Å². The number of phenolic OH excluding ortho intramolecular Hbond substituents is 1. The first-order valence-electron chi connectivity index (χ1n) is 7.62. The minimum atomic E-state index is -4.14. The highest BCUT2D eigenvalue weighted by Crippen LogP contribution is 2.45. The zero-order valence-electron chi connectivity index (χ0n) is 13.9. The molecule has 134 valence electrons. The van der Waals surface area contributed by atoms with E-state index in [9.17, 15) is 14.8 Å². The summed E-state index contributed by atoms with van der Waals surface area (Å²) in [5, 5.41) is 20.4. The second-order valence-electron chi connectivity index (χ2n) is 5.78. The Morgan fingerprint density at radius 2 is 2.12 bits per heavy atom. The Hall–Kier alpha value is -1.37. The lowest BCUT2D eigenvalue weighted by molar-refractivity contribution is -0.0926. The number of benzene rings is 1. The fourth-order valence-corrected chi connectivity index (χ4v) is 3.86. The first kappa shape index (κ1) is 19.0. The van der Waals surface area contributed by atoms with E-state index in [1.807, 2.05) is 13.8 Å². The summed E-state index contributed by atoms with van der Waals surface area (Å²) in [7, 11) is -2.65. The number of hydrogen-bond donors (Lipinski definition) is 4. The molecule has 4 N–H and O–H groups in total. The van der Waals surface area contributed by atoms with Gasteiger partial charge in [0.05, 0.1) is 25.4 Å². The molecule has 1 aromatic rings. The third kappa shape index (κ3) is 3.82. The van der Waals surface area contributed by atoms with Gasteiger partial charge >= 0.3 is 7.60 Å². The number of hydrogen-bond acceptors (Lipinski definition) is 5. The highest BCUT2D eigenvalue weighted by molar-refractivity contribution is 7.52. The first-order valence-corrected chi connectivity index (χ1v) is 9.42. The molecule has 2 rings (SSSR count). The molecular weight excluding hydrogens is 335 g/mol. The molecule has 24 heavy (non-hydrogen) atoms. The highest BCUT2D eigenvalue weighted by atomic mass is 31.2. The van der Waals surface area contributed by atoms with Crippen molar-refractivity contribution in [1.29, 1.82) is 0 Å². The molecule has 1 atom stereocenters. The van der Waals surface area contributed by atoms with Crippen molar-refractivity contribution in [1.82, 2.24) is 0 Å². The van der Waals surface area contributed by atoms with Crippen molar-refractivity contribution in [3.05, 3.63) is 33.9 Å². The second kappa shape index (κ2) is 7.25. The van der Waals surface area contributed by atoms with Gasteiger partial charge in [-0.15, -0.1) is 0 Å². The van der Waals surface area contributed by atoms with Gasteiger partial charge < -0.3 is 29.5 Å². The summed E-state index contributed by atoms with van der Waals surface area (Å²) >= 11 is 0. The molecule has 8 heteroatoms. The van der Waals surface area contributed by atoms with E-state index in [4.69, 9.17) is 19.3 Å². The van der Waals surface area contributed by atoms with Crippen LogP contribution in [0.5, 0.6) is 11.5 Å². The van der Waals surface area contributed by atoms with Gasteiger partial charge in [0.2, 0.25) is 0 Å². The van der Waals surface area contributed by atoms with Crippen molar-refractivity contribution in [3.8, 4) is 11.5 Å². The van der Waals surface area contributed by atoms with Gasteiger partial charge in [0, 0.05) is 5.56 Å². The zero-order chi connectivity index (χ0) is 18.1. The van der Waals surface area contributed by atoms with Gasteiger partial charge in [-0.25, -0.2) is 0 Å². The Morgan fingerprint density at radius 3 is 2.67 bits per heavy atom. The number of rotatable bonds is 6. The van der Waals surface area contributed by atoms with Gasteiger partial charge in [0.15, 0.2) is 6.29 Å². The van der Waals surface area contributed by atoms with Crippen LogP contribution in [0.3, 0.4) is 0 Å². The molecule has 1 aliphatic heterocycles. The van der Waals surface area contributed by atoms with E-state index in [0.29, 0.717) is 34.4 Å². The number of methoxy groups -OCH3 is 1. The van der Waals surface area contributed by atoms with Gasteiger partial charge in [0.1, 0.15) is 11.5 Å². The number of fused-ring (bicyclic) bond motifs is 1. The molecule has 0 radical (unpaired) electrons. The Balaban J connectivity index is 2.45. The quantitative estimate of drug-likeness (QED) is 0.455. The van der Waals surface area contributed by atoms with Crippen LogP contribution in [0.1, 0.15) is 41.9 Å². The third-order valence-corrected chi connectivity index (χ3v) is 5.05. The number of phenols is 1. The van der Waals surface area contributed by atoms with Crippen molar-refractivity contribution < 1.29 is 34.0 Å². The van der Waals surface area contributed by atoms with Crippen LogP contribution >= 0.6 is 7.60 Å². The maximum Gasteiger partial charge on any atom is 0.329 e. The lowest BCUT2D eigenvalue weighted by Crippen LogP contribution is -2.03. The Kier molecular flexibility index (Phi) is 5.73. The maximum atomic E-state index is 11.2. The smallest absolute Gasteiger partial charge is 0.329 e. The van der Waals surface area contributed by atoms with Crippen molar-refractivity contribution in [2.75, 3.05) is 13.3 Å². The van der Waals surface area contributed by atoms with Crippen molar-refractivity contribution in [2.45, 2.75) is 39.6 Å². The van der Waals surface area contributed by atoms with Gasteiger partial charge in [-0.2, -0.15) is 0 Å². The molecule has 1 heterocycles. The van der Waals surface area contributed by atoms with E-state index in [-0.39, 0.29) is 24.9 Å². The molecule has 0 fully saturated rings. The van der Waals surface area contributed by atoms with E-state index in [1.165, 1.54) is 7.11 Å². The maximum absolute atomic E-state index is 11.2. The predicted octanol–water partition coefficient (Wildman–Crippen LogP) is 2.29.